The van der Waals surface area contributed by atoms with Crippen LogP contribution in [0.2, 0.25) is 5.02 Å². The molecule has 3 aromatic rings. The Balaban J connectivity index is 1.82. The molecule has 0 aliphatic heterocycles. The summed E-state index contributed by atoms with van der Waals surface area (Å²) >= 11 is 6.30. The number of ether oxygens (including phenoxy) is 1. The third-order valence-corrected chi connectivity index (χ3v) is 6.29. The van der Waals surface area contributed by atoms with E-state index in [1.54, 1.807) is 61.8 Å². The summed E-state index contributed by atoms with van der Waals surface area (Å²) in [7, 11) is 1.57. The second-order valence-electron chi connectivity index (χ2n) is 8.39. The summed E-state index contributed by atoms with van der Waals surface area (Å²) in [5, 5.41) is 3.67. The molecule has 0 radical (unpaired) electrons. The van der Waals surface area contributed by atoms with Gasteiger partial charge in [-0.3, -0.25) is 19.5 Å². The van der Waals surface area contributed by atoms with E-state index in [9.17, 15) is 9.59 Å². The third-order valence-electron chi connectivity index (χ3n) is 6.06. The van der Waals surface area contributed by atoms with Crippen LogP contribution < -0.4 is 15.0 Å². The molecule has 1 aliphatic carbocycles. The molecule has 6 nitrogen and oxygen atoms in total. The molecule has 4 rings (SSSR count). The molecule has 34 heavy (non-hydrogen) atoms. The van der Waals surface area contributed by atoms with Crippen LogP contribution in [0.3, 0.4) is 0 Å². The van der Waals surface area contributed by atoms with E-state index in [0.29, 0.717) is 22.0 Å². The van der Waals surface area contributed by atoms with Gasteiger partial charge in [-0.1, -0.05) is 55.1 Å². The number of carbonyl (C=O) groups excluding carboxylic acids is 2. The van der Waals surface area contributed by atoms with Crippen LogP contribution in [0.25, 0.3) is 0 Å². The zero-order valence-corrected chi connectivity index (χ0v) is 19.9. The molecule has 1 atom stereocenters. The maximum atomic E-state index is 13.8. The number of nitrogens with zero attached hydrogens (tertiary/aromatic N) is 2. The van der Waals surface area contributed by atoms with Crippen molar-refractivity contribution in [1.29, 1.82) is 0 Å². The monoisotopic (exact) mass is 477 g/mol. The lowest BCUT2D eigenvalue weighted by Gasteiger charge is -2.33. The van der Waals surface area contributed by atoms with E-state index in [4.69, 9.17) is 16.3 Å². The largest absolute Gasteiger partial charge is 0.497 e. The van der Waals surface area contributed by atoms with Gasteiger partial charge in [0.2, 0.25) is 5.91 Å². The highest BCUT2D eigenvalue weighted by Gasteiger charge is 2.35. The Bertz CT molecular complexity index is 1130. The van der Waals surface area contributed by atoms with Gasteiger partial charge in [0, 0.05) is 22.9 Å². The van der Waals surface area contributed by atoms with Gasteiger partial charge in [-0.15, -0.1) is 0 Å². The van der Waals surface area contributed by atoms with Gasteiger partial charge in [0.05, 0.1) is 7.11 Å². The first-order valence-electron chi connectivity index (χ1n) is 11.5. The van der Waals surface area contributed by atoms with Crippen LogP contribution >= 0.6 is 11.6 Å². The fourth-order valence-corrected chi connectivity index (χ4v) is 4.56. The Morgan fingerprint density at radius 2 is 1.82 bits per heavy atom. The van der Waals surface area contributed by atoms with Gasteiger partial charge in [0.25, 0.3) is 5.91 Å². The molecule has 0 bridgehead atoms. The predicted octanol–water partition coefficient (Wildman–Crippen LogP) is 5.58. The molecule has 0 saturated heterocycles. The molecule has 2 amide bonds. The van der Waals surface area contributed by atoms with Crippen molar-refractivity contribution >= 4 is 29.1 Å². The number of nitrogens with one attached hydrogen (secondary N) is 1. The molecule has 1 fully saturated rings. The first-order valence-corrected chi connectivity index (χ1v) is 11.9. The summed E-state index contributed by atoms with van der Waals surface area (Å²) in [6, 6.07) is 18.5. The average Bonchev–Trinajstić information content (AvgIpc) is 2.88. The molecule has 1 N–H and O–H groups in total. The summed E-state index contributed by atoms with van der Waals surface area (Å²) in [5.74, 6) is -0.0387. The first-order chi connectivity index (χ1) is 16.6. The molecule has 1 heterocycles. The smallest absolute Gasteiger partial charge is 0.277 e. The molecule has 1 saturated carbocycles. The van der Waals surface area contributed by atoms with Gasteiger partial charge in [0.15, 0.2) is 0 Å². The van der Waals surface area contributed by atoms with Crippen LogP contribution in [0, 0.1) is 0 Å². The van der Waals surface area contributed by atoms with Crippen LogP contribution in [0.5, 0.6) is 5.75 Å². The molecule has 0 unspecified atom stereocenters. The molecule has 7 heteroatoms. The number of hydrogen-bond acceptors (Lipinski definition) is 4. The van der Waals surface area contributed by atoms with Crippen LogP contribution in [0.15, 0.2) is 72.9 Å². The molecular formula is C27H28ClN3O3. The van der Waals surface area contributed by atoms with Crippen molar-refractivity contribution in [3.63, 3.8) is 0 Å². The summed E-state index contributed by atoms with van der Waals surface area (Å²) in [4.78, 5) is 33.4. The highest BCUT2D eigenvalue weighted by atomic mass is 35.5. The van der Waals surface area contributed by atoms with E-state index in [2.05, 4.69) is 10.3 Å². The molecule has 2 aromatic carbocycles. The molecule has 0 spiro atoms. The first kappa shape index (κ1) is 23.8. The Labute approximate surface area is 204 Å². The van der Waals surface area contributed by atoms with Crippen molar-refractivity contribution in [2.24, 2.45) is 0 Å². The summed E-state index contributed by atoms with van der Waals surface area (Å²) in [5.41, 5.74) is 1.38. The highest BCUT2D eigenvalue weighted by molar-refractivity contribution is 6.31. The van der Waals surface area contributed by atoms with Crippen molar-refractivity contribution in [3.05, 3.63) is 89.2 Å². The van der Waals surface area contributed by atoms with Crippen LogP contribution in [0.1, 0.15) is 54.2 Å². The van der Waals surface area contributed by atoms with E-state index in [-0.39, 0.29) is 17.6 Å². The lowest BCUT2D eigenvalue weighted by molar-refractivity contribution is -0.123. The van der Waals surface area contributed by atoms with Crippen LogP contribution in [-0.2, 0) is 4.79 Å². The quantitative estimate of drug-likeness (QED) is 0.482. The number of pyridine rings is 1. The minimum absolute atomic E-state index is 0.0838. The Morgan fingerprint density at radius 3 is 2.53 bits per heavy atom. The number of rotatable bonds is 7. The minimum atomic E-state index is -0.940. The van der Waals surface area contributed by atoms with Gasteiger partial charge in [0.1, 0.15) is 17.5 Å². The molecule has 1 aromatic heterocycles. The van der Waals surface area contributed by atoms with Crippen LogP contribution in [0.4, 0.5) is 5.69 Å². The lowest BCUT2D eigenvalue weighted by atomic mass is 9.94. The van der Waals surface area contributed by atoms with Crippen LogP contribution in [-0.4, -0.2) is 29.9 Å². The second kappa shape index (κ2) is 11.2. The van der Waals surface area contributed by atoms with Crippen molar-refractivity contribution < 1.29 is 14.3 Å². The number of benzene rings is 2. The molecule has 176 valence electrons. The third kappa shape index (κ3) is 5.57. The van der Waals surface area contributed by atoms with Gasteiger partial charge >= 0.3 is 0 Å². The molecule has 1 aliphatic rings. The van der Waals surface area contributed by atoms with Crippen molar-refractivity contribution in [1.82, 2.24) is 10.3 Å². The van der Waals surface area contributed by atoms with Gasteiger partial charge in [-0.25, -0.2) is 0 Å². The zero-order chi connectivity index (χ0) is 23.9. The Kier molecular flexibility index (Phi) is 7.80. The Hall–Kier alpha value is -3.38. The maximum absolute atomic E-state index is 13.8. The fourth-order valence-electron chi connectivity index (χ4n) is 4.38. The normalized spacial score (nSPS) is 14.8. The average molecular weight is 478 g/mol. The highest BCUT2D eigenvalue weighted by Crippen LogP contribution is 2.33. The Morgan fingerprint density at radius 1 is 1.03 bits per heavy atom. The predicted molar refractivity (Wildman–Crippen MR) is 133 cm³/mol. The summed E-state index contributed by atoms with van der Waals surface area (Å²) < 4.78 is 5.42. The number of carbonyl (C=O) groups is 2. The zero-order valence-electron chi connectivity index (χ0n) is 19.1. The number of amides is 2. The number of methoxy groups -OCH3 is 1. The standard InChI is InChI=1S/C27H28ClN3O3/c1-34-23-14-7-9-19(17-23)25(26(32)30-21-11-3-2-4-12-21)31(22-13-8-10-20(28)18-22)27(33)24-15-5-6-16-29-24/h5-10,13-18,21,25H,2-4,11-12H2,1H3,(H,30,32)/t25-/m0/s1. The number of hydrogen-bond donors (Lipinski definition) is 1. The maximum Gasteiger partial charge on any atom is 0.277 e. The number of anilines is 1. The topological polar surface area (TPSA) is 71.5 Å². The van der Waals surface area contributed by atoms with Gasteiger partial charge in [-0.05, 0) is 60.9 Å². The fraction of sp³-hybridized carbons (Fsp3) is 0.296. The van der Waals surface area contributed by atoms with Gasteiger partial charge < -0.3 is 10.1 Å². The second-order valence-corrected chi connectivity index (χ2v) is 8.83. The summed E-state index contributed by atoms with van der Waals surface area (Å²) in [6.07, 6.45) is 6.77. The van der Waals surface area contributed by atoms with E-state index < -0.39 is 11.9 Å². The summed E-state index contributed by atoms with van der Waals surface area (Å²) in [6.45, 7) is 0. The number of aromatic nitrogens is 1. The lowest BCUT2D eigenvalue weighted by Crippen LogP contribution is -2.47. The van der Waals surface area contributed by atoms with Crippen molar-refractivity contribution in [2.45, 2.75) is 44.2 Å². The van der Waals surface area contributed by atoms with E-state index >= 15 is 0 Å². The SMILES string of the molecule is COc1cccc([C@@H](C(=O)NC2CCCCC2)N(C(=O)c2ccccn2)c2cccc(Cl)c2)c1. The van der Waals surface area contributed by atoms with Gasteiger partial charge in [-0.2, -0.15) is 0 Å². The van der Waals surface area contributed by atoms with E-state index in [0.717, 1.165) is 25.7 Å². The van der Waals surface area contributed by atoms with E-state index in [1.807, 2.05) is 18.2 Å². The molecular weight excluding hydrogens is 450 g/mol. The van der Waals surface area contributed by atoms with Crippen molar-refractivity contribution in [2.75, 3.05) is 12.0 Å². The van der Waals surface area contributed by atoms with Crippen molar-refractivity contribution in [3.8, 4) is 5.75 Å². The number of halogens is 1. The van der Waals surface area contributed by atoms with E-state index in [1.165, 1.54) is 11.3 Å². The minimum Gasteiger partial charge on any atom is -0.497 e.